The SMILES string of the molecule is COc1ccc(-c2ccc(CNC(C)C)c(C)n2)cc1. The Morgan fingerprint density at radius 1 is 1.10 bits per heavy atom. The Kier molecular flexibility index (Phi) is 4.74. The quantitative estimate of drug-likeness (QED) is 0.902. The third-order valence-corrected chi connectivity index (χ3v) is 3.28. The fourth-order valence-corrected chi connectivity index (χ4v) is 2.01. The summed E-state index contributed by atoms with van der Waals surface area (Å²) in [4.78, 5) is 4.70. The Hall–Kier alpha value is -1.87. The van der Waals surface area contributed by atoms with E-state index in [-0.39, 0.29) is 0 Å². The van der Waals surface area contributed by atoms with Crippen LogP contribution < -0.4 is 10.1 Å². The van der Waals surface area contributed by atoms with Gasteiger partial charge in [0.05, 0.1) is 12.8 Å². The highest BCUT2D eigenvalue weighted by Crippen LogP contribution is 2.21. The zero-order chi connectivity index (χ0) is 14.5. The van der Waals surface area contributed by atoms with Crippen LogP contribution in [-0.4, -0.2) is 18.1 Å². The minimum atomic E-state index is 0.482. The molecule has 1 heterocycles. The van der Waals surface area contributed by atoms with Gasteiger partial charge in [-0.15, -0.1) is 0 Å². The number of nitrogens with zero attached hydrogens (tertiary/aromatic N) is 1. The molecule has 1 aromatic carbocycles. The van der Waals surface area contributed by atoms with Crippen LogP contribution in [0, 0.1) is 6.92 Å². The largest absolute Gasteiger partial charge is 0.497 e. The molecular formula is C17H22N2O. The Morgan fingerprint density at radius 3 is 2.35 bits per heavy atom. The summed E-state index contributed by atoms with van der Waals surface area (Å²) in [5, 5.41) is 3.42. The first-order chi connectivity index (χ1) is 9.60. The van der Waals surface area contributed by atoms with E-state index in [0.717, 1.165) is 29.2 Å². The molecule has 0 bridgehead atoms. The van der Waals surface area contributed by atoms with Crippen molar-refractivity contribution in [2.75, 3.05) is 7.11 Å². The molecule has 0 spiro atoms. The number of methoxy groups -OCH3 is 1. The molecule has 2 rings (SSSR count). The lowest BCUT2D eigenvalue weighted by Crippen LogP contribution is -2.22. The van der Waals surface area contributed by atoms with Crippen LogP contribution in [0.3, 0.4) is 0 Å². The second-order valence-corrected chi connectivity index (χ2v) is 5.21. The number of aryl methyl sites for hydroxylation is 1. The molecule has 0 unspecified atom stereocenters. The van der Waals surface area contributed by atoms with Crippen molar-refractivity contribution in [3.8, 4) is 17.0 Å². The zero-order valence-corrected chi connectivity index (χ0v) is 12.6. The number of hydrogen-bond donors (Lipinski definition) is 1. The molecule has 0 aliphatic heterocycles. The molecule has 20 heavy (non-hydrogen) atoms. The molecule has 0 atom stereocenters. The van der Waals surface area contributed by atoms with Crippen molar-refractivity contribution in [2.45, 2.75) is 33.4 Å². The number of rotatable bonds is 5. The average Bonchev–Trinajstić information content (AvgIpc) is 2.46. The number of benzene rings is 1. The van der Waals surface area contributed by atoms with Gasteiger partial charge in [-0.25, -0.2) is 0 Å². The van der Waals surface area contributed by atoms with Crippen LogP contribution in [0.15, 0.2) is 36.4 Å². The molecule has 1 N–H and O–H groups in total. The van der Waals surface area contributed by atoms with Gasteiger partial charge >= 0.3 is 0 Å². The van der Waals surface area contributed by atoms with Crippen molar-refractivity contribution in [3.63, 3.8) is 0 Å². The van der Waals surface area contributed by atoms with Gasteiger partial charge in [-0.2, -0.15) is 0 Å². The number of nitrogens with one attached hydrogen (secondary N) is 1. The normalized spacial score (nSPS) is 10.8. The molecule has 106 valence electrons. The van der Waals surface area contributed by atoms with Crippen molar-refractivity contribution in [1.29, 1.82) is 0 Å². The van der Waals surface area contributed by atoms with E-state index in [0.29, 0.717) is 6.04 Å². The van der Waals surface area contributed by atoms with Gasteiger partial charge in [0.15, 0.2) is 0 Å². The van der Waals surface area contributed by atoms with Crippen LogP contribution in [-0.2, 0) is 6.54 Å². The molecule has 0 amide bonds. The van der Waals surface area contributed by atoms with Crippen molar-refractivity contribution >= 4 is 0 Å². The lowest BCUT2D eigenvalue weighted by Gasteiger charge is -2.11. The van der Waals surface area contributed by atoms with Crippen molar-refractivity contribution in [1.82, 2.24) is 10.3 Å². The smallest absolute Gasteiger partial charge is 0.118 e. The van der Waals surface area contributed by atoms with E-state index in [2.05, 4.69) is 38.2 Å². The molecule has 2 aromatic rings. The van der Waals surface area contributed by atoms with Crippen LogP contribution in [0.4, 0.5) is 0 Å². The molecule has 3 nitrogen and oxygen atoms in total. The Labute approximate surface area is 121 Å². The van der Waals surface area contributed by atoms with Crippen molar-refractivity contribution in [2.24, 2.45) is 0 Å². The maximum Gasteiger partial charge on any atom is 0.118 e. The first-order valence-electron chi connectivity index (χ1n) is 6.94. The second kappa shape index (κ2) is 6.53. The monoisotopic (exact) mass is 270 g/mol. The van der Waals surface area contributed by atoms with E-state index < -0.39 is 0 Å². The first kappa shape index (κ1) is 14.5. The predicted octanol–water partition coefficient (Wildman–Crippen LogP) is 3.56. The van der Waals surface area contributed by atoms with Gasteiger partial charge in [-0.3, -0.25) is 4.98 Å². The van der Waals surface area contributed by atoms with E-state index in [4.69, 9.17) is 9.72 Å². The maximum atomic E-state index is 5.17. The Bertz CT molecular complexity index is 562. The zero-order valence-electron chi connectivity index (χ0n) is 12.6. The van der Waals surface area contributed by atoms with Gasteiger partial charge in [0.1, 0.15) is 5.75 Å². The number of hydrogen-bond acceptors (Lipinski definition) is 3. The van der Waals surface area contributed by atoms with E-state index in [1.165, 1.54) is 5.56 Å². The minimum Gasteiger partial charge on any atom is -0.497 e. The molecular weight excluding hydrogens is 248 g/mol. The van der Waals surface area contributed by atoms with Gasteiger partial charge < -0.3 is 10.1 Å². The maximum absolute atomic E-state index is 5.17. The highest BCUT2D eigenvalue weighted by atomic mass is 16.5. The number of pyridine rings is 1. The summed E-state index contributed by atoms with van der Waals surface area (Å²) >= 11 is 0. The first-order valence-corrected chi connectivity index (χ1v) is 6.94. The summed E-state index contributed by atoms with van der Waals surface area (Å²) < 4.78 is 5.17. The molecule has 0 aliphatic carbocycles. The highest BCUT2D eigenvalue weighted by molar-refractivity contribution is 5.60. The third kappa shape index (κ3) is 3.58. The van der Waals surface area contributed by atoms with Crippen molar-refractivity contribution in [3.05, 3.63) is 47.7 Å². The minimum absolute atomic E-state index is 0.482. The Balaban J connectivity index is 2.19. The van der Waals surface area contributed by atoms with E-state index in [9.17, 15) is 0 Å². The van der Waals surface area contributed by atoms with Crippen LogP contribution in [0.25, 0.3) is 11.3 Å². The summed E-state index contributed by atoms with van der Waals surface area (Å²) in [7, 11) is 1.67. The Morgan fingerprint density at radius 2 is 1.80 bits per heavy atom. The summed E-state index contributed by atoms with van der Waals surface area (Å²) in [5.41, 5.74) is 4.43. The van der Waals surface area contributed by atoms with Crippen LogP contribution in [0.1, 0.15) is 25.1 Å². The average molecular weight is 270 g/mol. The van der Waals surface area contributed by atoms with Crippen LogP contribution >= 0.6 is 0 Å². The standard InChI is InChI=1S/C17H22N2O/c1-12(2)18-11-15-7-10-17(19-13(15)3)14-5-8-16(20-4)9-6-14/h5-10,12,18H,11H2,1-4H3. The van der Waals surface area contributed by atoms with Gasteiger partial charge in [-0.05, 0) is 42.8 Å². The topological polar surface area (TPSA) is 34.1 Å². The number of ether oxygens (including phenoxy) is 1. The molecule has 1 aromatic heterocycles. The fourth-order valence-electron chi connectivity index (χ4n) is 2.01. The summed E-state index contributed by atoms with van der Waals surface area (Å²) in [6.07, 6.45) is 0. The lowest BCUT2D eigenvalue weighted by molar-refractivity contribution is 0.415. The number of aromatic nitrogens is 1. The van der Waals surface area contributed by atoms with Crippen LogP contribution in [0.5, 0.6) is 5.75 Å². The van der Waals surface area contributed by atoms with Gasteiger partial charge in [0, 0.05) is 23.8 Å². The van der Waals surface area contributed by atoms with Gasteiger partial charge in [0.25, 0.3) is 0 Å². The molecule has 0 saturated heterocycles. The summed E-state index contributed by atoms with van der Waals surface area (Å²) in [6, 6.07) is 12.7. The lowest BCUT2D eigenvalue weighted by atomic mass is 10.1. The molecule has 0 fully saturated rings. The van der Waals surface area contributed by atoms with E-state index in [1.807, 2.05) is 24.3 Å². The highest BCUT2D eigenvalue weighted by Gasteiger charge is 2.05. The van der Waals surface area contributed by atoms with Gasteiger partial charge in [-0.1, -0.05) is 19.9 Å². The van der Waals surface area contributed by atoms with E-state index >= 15 is 0 Å². The molecule has 3 heteroatoms. The van der Waals surface area contributed by atoms with Crippen LogP contribution in [0.2, 0.25) is 0 Å². The molecule has 0 aliphatic rings. The predicted molar refractivity (Wildman–Crippen MR) is 82.9 cm³/mol. The second-order valence-electron chi connectivity index (χ2n) is 5.21. The molecule has 0 saturated carbocycles. The van der Waals surface area contributed by atoms with Crippen molar-refractivity contribution < 1.29 is 4.74 Å². The summed E-state index contributed by atoms with van der Waals surface area (Å²) in [5.74, 6) is 0.864. The summed E-state index contributed by atoms with van der Waals surface area (Å²) in [6.45, 7) is 7.22. The van der Waals surface area contributed by atoms with Gasteiger partial charge in [0.2, 0.25) is 0 Å². The molecule has 0 radical (unpaired) electrons. The fraction of sp³-hybridized carbons (Fsp3) is 0.353. The van der Waals surface area contributed by atoms with E-state index in [1.54, 1.807) is 7.11 Å². The third-order valence-electron chi connectivity index (χ3n) is 3.28.